The third-order valence-electron chi connectivity index (χ3n) is 4.52. The zero-order chi connectivity index (χ0) is 20.3. The maximum absolute atomic E-state index is 12.3. The topological polar surface area (TPSA) is 88.6 Å². The summed E-state index contributed by atoms with van der Waals surface area (Å²) in [5.41, 5.74) is 2.22. The monoisotopic (exact) mass is 401 g/mol. The number of carbonyl (C=O) groups excluding carboxylic acids is 3. The van der Waals surface area contributed by atoms with Gasteiger partial charge in [0.15, 0.2) is 23.2 Å². The first-order valence-corrected chi connectivity index (χ1v) is 10.0. The van der Waals surface area contributed by atoms with E-state index in [2.05, 4.69) is 24.1 Å². The van der Waals surface area contributed by atoms with Crippen LogP contribution in [-0.4, -0.2) is 42.8 Å². The fourth-order valence-electron chi connectivity index (χ4n) is 2.85. The Morgan fingerprint density at radius 2 is 2.14 bits per heavy atom. The van der Waals surface area contributed by atoms with E-state index >= 15 is 0 Å². The van der Waals surface area contributed by atoms with Crippen LogP contribution >= 0.6 is 11.3 Å². The molecule has 148 valence electrons. The van der Waals surface area contributed by atoms with Gasteiger partial charge in [0, 0.05) is 30.2 Å². The number of benzene rings is 1. The average Bonchev–Trinajstić information content (AvgIpc) is 3.24. The molecule has 3 rings (SSSR count). The highest BCUT2D eigenvalue weighted by atomic mass is 32.1. The van der Waals surface area contributed by atoms with Gasteiger partial charge in [-0.3, -0.25) is 9.59 Å². The van der Waals surface area contributed by atoms with Crippen molar-refractivity contribution in [3.63, 3.8) is 0 Å². The van der Waals surface area contributed by atoms with Crippen LogP contribution in [0.4, 0.5) is 10.8 Å². The summed E-state index contributed by atoms with van der Waals surface area (Å²) in [6.07, 6.45) is 1.29. The number of thiazole rings is 1. The molecule has 0 unspecified atom stereocenters. The summed E-state index contributed by atoms with van der Waals surface area (Å²) < 4.78 is 5.11. The Hall–Kier alpha value is -2.74. The summed E-state index contributed by atoms with van der Waals surface area (Å²) in [4.78, 5) is 42.0. The SMILES string of the molecule is CC(C)CCNc1nc(C(=O)OCC(=O)c2ccc3c(c2)CC(=O)N3C)cs1. The third kappa shape index (κ3) is 4.56. The number of nitrogens with one attached hydrogen (secondary N) is 1. The van der Waals surface area contributed by atoms with Crippen molar-refractivity contribution in [1.29, 1.82) is 0 Å². The number of hydrogen-bond donors (Lipinski definition) is 1. The molecule has 1 N–H and O–H groups in total. The Morgan fingerprint density at radius 3 is 2.89 bits per heavy atom. The van der Waals surface area contributed by atoms with Gasteiger partial charge in [-0.1, -0.05) is 13.8 Å². The van der Waals surface area contributed by atoms with E-state index in [9.17, 15) is 14.4 Å². The van der Waals surface area contributed by atoms with E-state index in [1.165, 1.54) is 11.3 Å². The maximum atomic E-state index is 12.3. The van der Waals surface area contributed by atoms with E-state index in [0.29, 0.717) is 16.6 Å². The Bertz CT molecular complexity index is 907. The second kappa shape index (κ2) is 8.52. The fraction of sp³-hybridized carbons (Fsp3) is 0.400. The minimum Gasteiger partial charge on any atom is -0.453 e. The molecule has 2 aromatic rings. The highest BCUT2D eigenvalue weighted by Crippen LogP contribution is 2.28. The molecule has 1 aliphatic rings. The lowest BCUT2D eigenvalue weighted by atomic mass is 10.1. The molecule has 0 atom stereocenters. The molecule has 28 heavy (non-hydrogen) atoms. The van der Waals surface area contributed by atoms with Crippen molar-refractivity contribution in [2.45, 2.75) is 26.7 Å². The summed E-state index contributed by atoms with van der Waals surface area (Å²) in [5, 5.41) is 5.45. The number of aromatic nitrogens is 1. The third-order valence-corrected chi connectivity index (χ3v) is 5.32. The number of rotatable bonds is 8. The smallest absolute Gasteiger partial charge is 0.358 e. The molecule has 7 nitrogen and oxygen atoms in total. The molecule has 0 fully saturated rings. The minimum absolute atomic E-state index is 0.00707. The number of fused-ring (bicyclic) bond motifs is 1. The van der Waals surface area contributed by atoms with E-state index in [4.69, 9.17) is 4.74 Å². The van der Waals surface area contributed by atoms with E-state index in [1.807, 2.05) is 0 Å². The summed E-state index contributed by atoms with van der Waals surface area (Å²) in [5.74, 6) is -0.366. The number of ketones is 1. The molecular formula is C20H23N3O4S. The lowest BCUT2D eigenvalue weighted by Gasteiger charge is -2.10. The van der Waals surface area contributed by atoms with Crippen molar-refractivity contribution in [3.8, 4) is 0 Å². The van der Waals surface area contributed by atoms with Crippen LogP contribution in [0.15, 0.2) is 23.6 Å². The van der Waals surface area contributed by atoms with Gasteiger partial charge in [0.05, 0.1) is 6.42 Å². The van der Waals surface area contributed by atoms with Crippen LogP contribution in [0.1, 0.15) is 46.7 Å². The van der Waals surface area contributed by atoms with E-state index < -0.39 is 5.97 Å². The van der Waals surface area contributed by atoms with Gasteiger partial charge in [-0.2, -0.15) is 0 Å². The normalized spacial score (nSPS) is 13.0. The van der Waals surface area contributed by atoms with Crippen LogP contribution in [0.3, 0.4) is 0 Å². The molecular weight excluding hydrogens is 378 g/mol. The summed E-state index contributed by atoms with van der Waals surface area (Å²) in [7, 11) is 1.71. The second-order valence-electron chi connectivity index (χ2n) is 7.12. The number of anilines is 2. The summed E-state index contributed by atoms with van der Waals surface area (Å²) in [6.45, 7) is 4.70. The summed E-state index contributed by atoms with van der Waals surface area (Å²) >= 11 is 1.33. The van der Waals surface area contributed by atoms with Crippen LogP contribution < -0.4 is 10.2 Å². The van der Waals surface area contributed by atoms with Crippen LogP contribution in [0, 0.1) is 5.92 Å². The number of Topliss-reactive ketones (excluding diaryl/α,β-unsaturated/α-hetero) is 1. The van der Waals surface area contributed by atoms with Gasteiger partial charge in [0.2, 0.25) is 5.91 Å². The number of ether oxygens (including phenoxy) is 1. The van der Waals surface area contributed by atoms with Crippen LogP contribution in [0.5, 0.6) is 0 Å². The van der Waals surface area contributed by atoms with Gasteiger partial charge in [0.25, 0.3) is 0 Å². The number of carbonyl (C=O) groups is 3. The highest BCUT2D eigenvalue weighted by Gasteiger charge is 2.25. The molecule has 0 aliphatic carbocycles. The lowest BCUT2D eigenvalue weighted by molar-refractivity contribution is -0.117. The number of amides is 1. The van der Waals surface area contributed by atoms with E-state index in [-0.39, 0.29) is 30.4 Å². The molecule has 8 heteroatoms. The quantitative estimate of drug-likeness (QED) is 0.540. The summed E-state index contributed by atoms with van der Waals surface area (Å²) in [6, 6.07) is 5.07. The van der Waals surface area contributed by atoms with Crippen molar-refractivity contribution in [2.24, 2.45) is 5.92 Å². The van der Waals surface area contributed by atoms with Crippen molar-refractivity contribution >= 4 is 39.8 Å². The van der Waals surface area contributed by atoms with Gasteiger partial charge in [0.1, 0.15) is 0 Å². The molecule has 1 aromatic heterocycles. The first-order valence-electron chi connectivity index (χ1n) is 9.14. The van der Waals surface area contributed by atoms with Crippen molar-refractivity contribution in [3.05, 3.63) is 40.4 Å². The molecule has 0 saturated carbocycles. The predicted octanol–water partition coefficient (Wildman–Crippen LogP) is 3.16. The zero-order valence-corrected chi connectivity index (χ0v) is 17.0. The minimum atomic E-state index is -0.627. The highest BCUT2D eigenvalue weighted by molar-refractivity contribution is 7.13. The number of likely N-dealkylation sites (N-methyl/N-ethyl adjacent to an activating group) is 1. The number of hydrogen-bond acceptors (Lipinski definition) is 7. The molecule has 1 amide bonds. The molecule has 1 aromatic carbocycles. The van der Waals surface area contributed by atoms with Gasteiger partial charge < -0.3 is 15.0 Å². The first kappa shape index (κ1) is 20.0. The van der Waals surface area contributed by atoms with Crippen LogP contribution in [0.25, 0.3) is 0 Å². The van der Waals surface area contributed by atoms with Gasteiger partial charge in [-0.05, 0) is 36.1 Å². The van der Waals surface area contributed by atoms with Crippen molar-refractivity contribution < 1.29 is 19.1 Å². The molecule has 2 heterocycles. The Morgan fingerprint density at radius 1 is 1.36 bits per heavy atom. The van der Waals surface area contributed by atoms with E-state index in [1.54, 1.807) is 35.5 Å². The zero-order valence-electron chi connectivity index (χ0n) is 16.2. The van der Waals surface area contributed by atoms with Gasteiger partial charge >= 0.3 is 5.97 Å². The molecule has 0 spiro atoms. The van der Waals surface area contributed by atoms with Crippen molar-refractivity contribution in [1.82, 2.24) is 4.98 Å². The molecule has 1 aliphatic heterocycles. The maximum Gasteiger partial charge on any atom is 0.358 e. The first-order chi connectivity index (χ1) is 13.3. The number of nitrogens with zero attached hydrogens (tertiary/aromatic N) is 2. The second-order valence-corrected chi connectivity index (χ2v) is 7.98. The van der Waals surface area contributed by atoms with Crippen molar-refractivity contribution in [2.75, 3.05) is 30.4 Å². The largest absolute Gasteiger partial charge is 0.453 e. The average molecular weight is 401 g/mol. The fourth-order valence-corrected chi connectivity index (χ4v) is 3.56. The van der Waals surface area contributed by atoms with Crippen LogP contribution in [0.2, 0.25) is 0 Å². The Kier molecular flexibility index (Phi) is 6.08. The van der Waals surface area contributed by atoms with Crippen LogP contribution in [-0.2, 0) is 16.0 Å². The number of esters is 1. The van der Waals surface area contributed by atoms with Gasteiger partial charge in [-0.25, -0.2) is 9.78 Å². The molecule has 0 bridgehead atoms. The lowest BCUT2D eigenvalue weighted by Crippen LogP contribution is -2.20. The van der Waals surface area contributed by atoms with Gasteiger partial charge in [-0.15, -0.1) is 11.3 Å². The standard InChI is InChI=1S/C20H23N3O4S/c1-12(2)6-7-21-20-22-15(11-28-20)19(26)27-10-17(24)13-4-5-16-14(8-13)9-18(25)23(16)3/h4-5,8,11-12H,6-7,9-10H2,1-3H3,(H,21,22). The molecule has 0 saturated heterocycles. The Balaban J connectivity index is 1.54. The van der Waals surface area contributed by atoms with E-state index in [0.717, 1.165) is 24.2 Å². The Labute approximate surface area is 167 Å². The molecule has 0 radical (unpaired) electrons. The predicted molar refractivity (Wildman–Crippen MR) is 108 cm³/mol.